The van der Waals surface area contributed by atoms with Crippen LogP contribution in [-0.2, 0) is 4.79 Å². The van der Waals surface area contributed by atoms with Gasteiger partial charge in [-0.05, 0) is 31.6 Å². The van der Waals surface area contributed by atoms with Crippen molar-refractivity contribution < 1.29 is 9.90 Å². The number of aliphatic hydroxyl groups is 1. The van der Waals surface area contributed by atoms with Crippen LogP contribution in [0.2, 0.25) is 0 Å². The minimum absolute atomic E-state index is 0.149. The van der Waals surface area contributed by atoms with Gasteiger partial charge in [0, 0.05) is 24.9 Å². The zero-order chi connectivity index (χ0) is 11.8. The number of hydrogen-bond donors (Lipinski definition) is 1. The van der Waals surface area contributed by atoms with Crippen LogP contribution in [0.15, 0.2) is 0 Å². The van der Waals surface area contributed by atoms with Gasteiger partial charge in [-0.15, -0.1) is 0 Å². The Hall–Kier alpha value is -0.570. The summed E-state index contributed by atoms with van der Waals surface area (Å²) in [4.78, 5) is 14.4. The van der Waals surface area contributed by atoms with Crippen molar-refractivity contribution in [1.29, 1.82) is 0 Å². The summed E-state index contributed by atoms with van der Waals surface area (Å²) in [6.45, 7) is 1.73. The van der Waals surface area contributed by atoms with E-state index in [4.69, 9.17) is 0 Å². The average Bonchev–Trinajstić information content (AvgIpc) is 2.92. The Morgan fingerprint density at radius 2 is 1.76 bits per heavy atom. The van der Waals surface area contributed by atoms with Gasteiger partial charge in [-0.3, -0.25) is 4.79 Å². The molecular formula is C14H23NO2. The molecule has 17 heavy (non-hydrogen) atoms. The molecule has 0 spiro atoms. The van der Waals surface area contributed by atoms with Gasteiger partial charge in [-0.25, -0.2) is 0 Å². The highest BCUT2D eigenvalue weighted by molar-refractivity contribution is 5.79. The van der Waals surface area contributed by atoms with E-state index in [0.717, 1.165) is 38.8 Å². The van der Waals surface area contributed by atoms with Gasteiger partial charge in [0.05, 0.1) is 6.10 Å². The number of nitrogens with zero attached hydrogens (tertiary/aromatic N) is 1. The van der Waals surface area contributed by atoms with Crippen LogP contribution >= 0.6 is 0 Å². The second-order valence-corrected chi connectivity index (χ2v) is 6.15. The minimum atomic E-state index is -0.149. The quantitative estimate of drug-likeness (QED) is 0.755. The summed E-state index contributed by atoms with van der Waals surface area (Å²) < 4.78 is 0. The molecular weight excluding hydrogens is 214 g/mol. The molecule has 96 valence electrons. The van der Waals surface area contributed by atoms with Gasteiger partial charge in [0.2, 0.25) is 5.91 Å². The fourth-order valence-corrected chi connectivity index (χ4v) is 4.02. The van der Waals surface area contributed by atoms with Crippen LogP contribution in [0.25, 0.3) is 0 Å². The van der Waals surface area contributed by atoms with Gasteiger partial charge in [0.25, 0.3) is 0 Å². The van der Waals surface area contributed by atoms with Crippen LogP contribution < -0.4 is 0 Å². The van der Waals surface area contributed by atoms with Gasteiger partial charge in [0.1, 0.15) is 0 Å². The molecule has 3 rings (SSSR count). The van der Waals surface area contributed by atoms with E-state index < -0.39 is 0 Å². The van der Waals surface area contributed by atoms with E-state index in [1.54, 1.807) is 0 Å². The standard InChI is InChI=1S/C14H23NO2/c16-13-7-6-11-8-15(9-12(11)13)14(17)10-4-2-1-3-5-10/h10-13,16H,1-9H2/t11-,12+,13?/m1/s1. The molecule has 0 aromatic rings. The summed E-state index contributed by atoms with van der Waals surface area (Å²) in [6.07, 6.45) is 7.83. The number of carbonyl (C=O) groups excluding carboxylic acids is 1. The van der Waals surface area contributed by atoms with E-state index in [9.17, 15) is 9.90 Å². The minimum Gasteiger partial charge on any atom is -0.393 e. The Bertz CT molecular complexity index is 299. The first kappa shape index (κ1) is 11.5. The van der Waals surface area contributed by atoms with E-state index >= 15 is 0 Å². The molecule has 3 nitrogen and oxygen atoms in total. The van der Waals surface area contributed by atoms with Crippen LogP contribution in [0, 0.1) is 17.8 Å². The molecule has 0 radical (unpaired) electrons. The third-order valence-electron chi connectivity index (χ3n) is 5.09. The van der Waals surface area contributed by atoms with Gasteiger partial charge in [-0.1, -0.05) is 19.3 Å². The van der Waals surface area contributed by atoms with Gasteiger partial charge < -0.3 is 10.0 Å². The normalized spacial score (nSPS) is 38.4. The second-order valence-electron chi connectivity index (χ2n) is 6.15. The Morgan fingerprint density at radius 3 is 2.47 bits per heavy atom. The van der Waals surface area contributed by atoms with Crippen molar-refractivity contribution in [1.82, 2.24) is 4.90 Å². The highest BCUT2D eigenvalue weighted by Gasteiger charge is 2.44. The molecule has 0 bridgehead atoms. The van der Waals surface area contributed by atoms with Gasteiger partial charge in [-0.2, -0.15) is 0 Å². The first-order valence-corrected chi connectivity index (χ1v) is 7.22. The fourth-order valence-electron chi connectivity index (χ4n) is 4.02. The highest BCUT2D eigenvalue weighted by atomic mass is 16.3. The zero-order valence-corrected chi connectivity index (χ0v) is 10.5. The summed E-state index contributed by atoms with van der Waals surface area (Å²) in [6, 6.07) is 0. The van der Waals surface area contributed by atoms with Crippen molar-refractivity contribution in [2.24, 2.45) is 17.8 Å². The van der Waals surface area contributed by atoms with Crippen molar-refractivity contribution in [3.63, 3.8) is 0 Å². The second kappa shape index (κ2) is 4.60. The molecule has 3 fully saturated rings. The topological polar surface area (TPSA) is 40.5 Å². The summed E-state index contributed by atoms with van der Waals surface area (Å²) in [7, 11) is 0. The maximum Gasteiger partial charge on any atom is 0.225 e. The number of likely N-dealkylation sites (tertiary alicyclic amines) is 1. The lowest BCUT2D eigenvalue weighted by molar-refractivity contribution is -0.135. The Balaban J connectivity index is 1.60. The average molecular weight is 237 g/mol. The molecule has 0 aromatic heterocycles. The third kappa shape index (κ3) is 2.10. The Morgan fingerprint density at radius 1 is 1.00 bits per heavy atom. The lowest BCUT2D eigenvalue weighted by Crippen LogP contribution is -2.36. The molecule has 1 aliphatic heterocycles. The van der Waals surface area contributed by atoms with E-state index in [2.05, 4.69) is 0 Å². The van der Waals surface area contributed by atoms with Crippen molar-refractivity contribution in [2.45, 2.75) is 51.0 Å². The van der Waals surface area contributed by atoms with Crippen LogP contribution in [0.5, 0.6) is 0 Å². The lowest BCUT2D eigenvalue weighted by atomic mass is 9.88. The monoisotopic (exact) mass is 237 g/mol. The van der Waals surface area contributed by atoms with Crippen molar-refractivity contribution >= 4 is 5.91 Å². The lowest BCUT2D eigenvalue weighted by Gasteiger charge is -2.27. The molecule has 1 unspecified atom stereocenters. The predicted molar refractivity (Wildman–Crippen MR) is 65.4 cm³/mol. The molecule has 2 aliphatic carbocycles. The number of amides is 1. The number of aliphatic hydroxyl groups excluding tert-OH is 1. The van der Waals surface area contributed by atoms with Gasteiger partial charge in [0.15, 0.2) is 0 Å². The van der Waals surface area contributed by atoms with E-state index in [1.165, 1.54) is 19.3 Å². The summed E-state index contributed by atoms with van der Waals surface area (Å²) in [5.41, 5.74) is 0. The van der Waals surface area contributed by atoms with E-state index in [-0.39, 0.29) is 6.10 Å². The number of hydrogen-bond acceptors (Lipinski definition) is 2. The molecule has 0 aromatic carbocycles. The summed E-state index contributed by atoms with van der Waals surface area (Å²) >= 11 is 0. The van der Waals surface area contributed by atoms with Crippen LogP contribution in [0.4, 0.5) is 0 Å². The zero-order valence-electron chi connectivity index (χ0n) is 10.5. The largest absolute Gasteiger partial charge is 0.393 e. The van der Waals surface area contributed by atoms with Crippen molar-refractivity contribution in [2.75, 3.05) is 13.1 Å². The van der Waals surface area contributed by atoms with Crippen LogP contribution in [-0.4, -0.2) is 35.1 Å². The predicted octanol–water partition coefficient (Wildman–Crippen LogP) is 1.80. The van der Waals surface area contributed by atoms with E-state index in [1.807, 2.05) is 4.90 Å². The summed E-state index contributed by atoms with van der Waals surface area (Å²) in [5.74, 6) is 1.63. The number of carbonyl (C=O) groups is 1. The maximum atomic E-state index is 12.4. The molecule has 1 N–H and O–H groups in total. The molecule has 2 saturated carbocycles. The van der Waals surface area contributed by atoms with Crippen LogP contribution in [0.1, 0.15) is 44.9 Å². The Labute approximate surface area is 103 Å². The molecule has 1 saturated heterocycles. The summed E-state index contributed by atoms with van der Waals surface area (Å²) in [5, 5.41) is 9.87. The number of rotatable bonds is 1. The fraction of sp³-hybridized carbons (Fsp3) is 0.929. The van der Waals surface area contributed by atoms with Crippen molar-refractivity contribution in [3.05, 3.63) is 0 Å². The first-order valence-electron chi connectivity index (χ1n) is 7.22. The third-order valence-corrected chi connectivity index (χ3v) is 5.09. The number of fused-ring (bicyclic) bond motifs is 1. The SMILES string of the molecule is O=C(C1CCCCC1)N1C[C@H]2CCC(O)[C@H]2C1. The molecule has 3 aliphatic rings. The molecule has 3 atom stereocenters. The van der Waals surface area contributed by atoms with Gasteiger partial charge >= 0.3 is 0 Å². The molecule has 3 heteroatoms. The highest BCUT2D eigenvalue weighted by Crippen LogP contribution is 2.39. The smallest absolute Gasteiger partial charge is 0.225 e. The van der Waals surface area contributed by atoms with E-state index in [0.29, 0.717) is 23.7 Å². The maximum absolute atomic E-state index is 12.4. The first-order chi connectivity index (χ1) is 8.25. The van der Waals surface area contributed by atoms with Crippen LogP contribution in [0.3, 0.4) is 0 Å². The van der Waals surface area contributed by atoms with Crippen molar-refractivity contribution in [3.8, 4) is 0 Å². The molecule has 1 heterocycles. The Kier molecular flexibility index (Phi) is 3.12. The molecule has 1 amide bonds.